The van der Waals surface area contributed by atoms with Gasteiger partial charge in [0.25, 0.3) is 0 Å². The van der Waals surface area contributed by atoms with Gasteiger partial charge in [-0.3, -0.25) is 0 Å². The van der Waals surface area contributed by atoms with Gasteiger partial charge in [0.15, 0.2) is 11.6 Å². The molecule has 0 saturated carbocycles. The van der Waals surface area contributed by atoms with Crippen molar-refractivity contribution < 1.29 is 18.7 Å². The summed E-state index contributed by atoms with van der Waals surface area (Å²) in [5.41, 5.74) is 4.51. The van der Waals surface area contributed by atoms with E-state index in [0.29, 0.717) is 18.1 Å². The second-order valence-electron chi connectivity index (χ2n) is 8.54. The summed E-state index contributed by atoms with van der Waals surface area (Å²) >= 11 is 0. The molecule has 3 aromatic carbocycles. The van der Waals surface area contributed by atoms with Gasteiger partial charge in [-0.2, -0.15) is 0 Å². The number of rotatable bonds is 6. The van der Waals surface area contributed by atoms with Crippen molar-refractivity contribution >= 4 is 5.97 Å². The van der Waals surface area contributed by atoms with E-state index in [1.54, 1.807) is 6.07 Å². The molecule has 166 valence electrons. The van der Waals surface area contributed by atoms with Crippen molar-refractivity contribution in [2.45, 2.75) is 18.9 Å². The molecule has 3 aromatic rings. The van der Waals surface area contributed by atoms with Crippen LogP contribution in [0, 0.1) is 17.7 Å². The minimum atomic E-state index is -0.395. The predicted octanol–water partition coefficient (Wildman–Crippen LogP) is 6.46. The molecule has 2 bridgehead atoms. The predicted molar refractivity (Wildman–Crippen MR) is 126 cm³/mol. The molecule has 0 fully saturated rings. The third-order valence-electron chi connectivity index (χ3n) is 6.56. The molecule has 3 atom stereocenters. The Balaban J connectivity index is 1.45. The fourth-order valence-electron chi connectivity index (χ4n) is 4.89. The number of methoxy groups -OCH3 is 1. The van der Waals surface area contributed by atoms with Crippen LogP contribution in [0.15, 0.2) is 96.6 Å². The molecule has 2 aliphatic carbocycles. The largest absolute Gasteiger partial charge is 0.486 e. The van der Waals surface area contributed by atoms with Crippen molar-refractivity contribution in [1.82, 2.24) is 0 Å². The van der Waals surface area contributed by atoms with Gasteiger partial charge in [0, 0.05) is 17.4 Å². The van der Waals surface area contributed by atoms with Gasteiger partial charge in [-0.05, 0) is 46.7 Å². The highest BCUT2D eigenvalue weighted by atomic mass is 19.1. The van der Waals surface area contributed by atoms with E-state index in [2.05, 4.69) is 18.2 Å². The molecule has 0 saturated heterocycles. The summed E-state index contributed by atoms with van der Waals surface area (Å²) in [5.74, 6) is 0.00809. The van der Waals surface area contributed by atoms with Crippen molar-refractivity contribution in [1.29, 1.82) is 0 Å². The minimum Gasteiger partial charge on any atom is -0.486 e. The fraction of sp³-hybridized carbons (Fsp3) is 0.207. The quantitative estimate of drug-likeness (QED) is 0.326. The lowest BCUT2D eigenvalue weighted by Gasteiger charge is -2.29. The van der Waals surface area contributed by atoms with Gasteiger partial charge in [0.2, 0.25) is 0 Å². The summed E-state index contributed by atoms with van der Waals surface area (Å²) < 4.78 is 25.7. The number of benzene rings is 3. The second kappa shape index (κ2) is 9.07. The Morgan fingerprint density at radius 3 is 2.58 bits per heavy atom. The molecule has 5 rings (SSSR count). The number of carbonyl (C=O) groups is 1. The average molecular weight is 441 g/mol. The number of fused-ring (bicyclic) bond motifs is 2. The lowest BCUT2D eigenvalue weighted by atomic mass is 9.75. The van der Waals surface area contributed by atoms with Crippen LogP contribution in [0.3, 0.4) is 0 Å². The molecule has 3 nitrogen and oxygen atoms in total. The molecule has 0 radical (unpaired) electrons. The number of hydrogen-bond donors (Lipinski definition) is 0. The van der Waals surface area contributed by atoms with E-state index in [4.69, 9.17) is 9.47 Å². The Morgan fingerprint density at radius 1 is 1.00 bits per heavy atom. The van der Waals surface area contributed by atoms with Crippen LogP contribution in [-0.2, 0) is 16.1 Å². The zero-order valence-corrected chi connectivity index (χ0v) is 18.4. The van der Waals surface area contributed by atoms with E-state index in [1.807, 2.05) is 60.7 Å². The Hall–Kier alpha value is -3.66. The second-order valence-corrected chi connectivity index (χ2v) is 8.54. The van der Waals surface area contributed by atoms with Crippen LogP contribution in [0.25, 0.3) is 11.1 Å². The van der Waals surface area contributed by atoms with Crippen LogP contribution in [0.4, 0.5) is 4.39 Å². The highest BCUT2D eigenvalue weighted by Crippen LogP contribution is 2.47. The average Bonchev–Trinajstić information content (AvgIpc) is 3.27. The molecule has 0 N–H and O–H groups in total. The van der Waals surface area contributed by atoms with Crippen LogP contribution in [0.5, 0.6) is 5.75 Å². The maximum atomic E-state index is 15.0. The first-order valence-corrected chi connectivity index (χ1v) is 11.2. The zero-order valence-electron chi connectivity index (χ0n) is 18.4. The van der Waals surface area contributed by atoms with E-state index in [-0.39, 0.29) is 23.6 Å². The number of esters is 1. The summed E-state index contributed by atoms with van der Waals surface area (Å²) in [6.07, 6.45) is 7.23. The van der Waals surface area contributed by atoms with Gasteiger partial charge in [0.05, 0.1) is 7.11 Å². The van der Waals surface area contributed by atoms with Crippen molar-refractivity contribution in [2.24, 2.45) is 11.8 Å². The number of halogens is 1. The number of hydrogen-bond acceptors (Lipinski definition) is 3. The van der Waals surface area contributed by atoms with Crippen molar-refractivity contribution in [3.8, 4) is 16.9 Å². The van der Waals surface area contributed by atoms with Crippen LogP contribution < -0.4 is 4.74 Å². The normalized spacial score (nSPS) is 20.9. The Bertz CT molecular complexity index is 1230. The molecule has 2 aliphatic rings. The van der Waals surface area contributed by atoms with Crippen molar-refractivity contribution in [2.75, 3.05) is 7.11 Å². The summed E-state index contributed by atoms with van der Waals surface area (Å²) in [6, 6.07) is 22.8. The first-order valence-electron chi connectivity index (χ1n) is 11.2. The number of allylic oxidation sites excluding steroid dienone is 3. The molecule has 0 spiro atoms. The van der Waals surface area contributed by atoms with Crippen LogP contribution in [0.2, 0.25) is 0 Å². The van der Waals surface area contributed by atoms with E-state index in [9.17, 15) is 9.18 Å². The van der Waals surface area contributed by atoms with Crippen LogP contribution in [0.1, 0.15) is 23.5 Å². The highest BCUT2D eigenvalue weighted by Gasteiger charge is 2.37. The Labute approximate surface area is 193 Å². The molecule has 0 heterocycles. The van der Waals surface area contributed by atoms with Gasteiger partial charge in [-0.25, -0.2) is 9.18 Å². The number of ether oxygens (including phenoxy) is 2. The fourth-order valence-corrected chi connectivity index (χ4v) is 4.89. The van der Waals surface area contributed by atoms with Gasteiger partial charge in [-0.15, -0.1) is 0 Å². The van der Waals surface area contributed by atoms with Crippen LogP contribution in [-0.4, -0.2) is 13.1 Å². The molecular formula is C29H25FO3. The lowest BCUT2D eigenvalue weighted by Crippen LogP contribution is -2.21. The van der Waals surface area contributed by atoms with E-state index in [0.717, 1.165) is 28.7 Å². The first kappa shape index (κ1) is 21.2. The van der Waals surface area contributed by atoms with Gasteiger partial charge in [0.1, 0.15) is 6.61 Å². The van der Waals surface area contributed by atoms with Crippen molar-refractivity contribution in [3.63, 3.8) is 0 Å². The third-order valence-corrected chi connectivity index (χ3v) is 6.56. The SMILES string of the molecule is COC(=O)C1=C[C@H](c2ccccc2-c2ccc(OCc3ccccc3)c(F)c2)[C@@H]2C=C[C@H]1C2. The number of carbonyl (C=O) groups excluding carboxylic acids is 1. The molecule has 0 amide bonds. The zero-order chi connectivity index (χ0) is 22.8. The van der Waals surface area contributed by atoms with Crippen LogP contribution >= 0.6 is 0 Å². The molecule has 0 aromatic heterocycles. The monoisotopic (exact) mass is 440 g/mol. The minimum absolute atomic E-state index is 0.0300. The van der Waals surface area contributed by atoms with E-state index < -0.39 is 5.82 Å². The maximum Gasteiger partial charge on any atom is 0.334 e. The summed E-state index contributed by atoms with van der Waals surface area (Å²) in [7, 11) is 1.42. The Kier molecular flexibility index (Phi) is 5.82. The first-order chi connectivity index (χ1) is 16.1. The summed E-state index contributed by atoms with van der Waals surface area (Å²) in [5, 5.41) is 0. The highest BCUT2D eigenvalue weighted by molar-refractivity contribution is 5.90. The smallest absolute Gasteiger partial charge is 0.334 e. The van der Waals surface area contributed by atoms with E-state index >= 15 is 0 Å². The van der Waals surface area contributed by atoms with E-state index in [1.165, 1.54) is 13.2 Å². The maximum absolute atomic E-state index is 15.0. The Morgan fingerprint density at radius 2 is 1.79 bits per heavy atom. The van der Waals surface area contributed by atoms with Gasteiger partial charge >= 0.3 is 5.97 Å². The standard InChI is InChI=1S/C29H25FO3/c1-32-29(31)26-17-25(20-11-12-21(26)15-20)24-10-6-5-9-23(24)22-13-14-28(27(30)16-22)33-18-19-7-3-2-4-8-19/h2-14,16-17,20-21,25H,15,18H2,1H3/t20-,21+,25+/m1/s1. The summed E-state index contributed by atoms with van der Waals surface area (Å²) in [4.78, 5) is 12.3. The molecular weight excluding hydrogens is 415 g/mol. The molecule has 0 unspecified atom stereocenters. The topological polar surface area (TPSA) is 35.5 Å². The lowest BCUT2D eigenvalue weighted by molar-refractivity contribution is -0.136. The van der Waals surface area contributed by atoms with Gasteiger partial charge < -0.3 is 9.47 Å². The third kappa shape index (κ3) is 4.21. The van der Waals surface area contributed by atoms with Crippen molar-refractivity contribution in [3.05, 3.63) is 114 Å². The van der Waals surface area contributed by atoms with Gasteiger partial charge in [-0.1, -0.05) is 78.9 Å². The molecule has 0 aliphatic heterocycles. The molecule has 33 heavy (non-hydrogen) atoms. The molecule has 4 heteroatoms. The summed E-state index contributed by atoms with van der Waals surface area (Å²) in [6.45, 7) is 0.312.